The number of thiazole rings is 1. The second-order valence-corrected chi connectivity index (χ2v) is 10.5. The number of carbonyl (C=O) groups excluding carboxylic acids is 1. The topological polar surface area (TPSA) is 107 Å². The van der Waals surface area contributed by atoms with Gasteiger partial charge in [-0.1, -0.05) is 0 Å². The van der Waals surface area contributed by atoms with Gasteiger partial charge in [-0.25, -0.2) is 18.2 Å². The van der Waals surface area contributed by atoms with Crippen LogP contribution in [0.15, 0.2) is 45.4 Å². The number of hydrogen-bond donors (Lipinski definition) is 0. The highest BCUT2D eigenvalue weighted by atomic mass is 32.2. The molecule has 1 aromatic carbocycles. The van der Waals surface area contributed by atoms with E-state index in [9.17, 15) is 18.0 Å². The average molecular weight is 478 g/mol. The van der Waals surface area contributed by atoms with E-state index in [1.54, 1.807) is 0 Å². The molecule has 4 rings (SSSR count). The molecule has 3 heterocycles. The molecular weight excluding hydrogens is 454 g/mol. The Bertz CT molecular complexity index is 1300. The second-order valence-electron chi connectivity index (χ2n) is 7.76. The number of morpholine rings is 1. The van der Waals surface area contributed by atoms with E-state index in [2.05, 4.69) is 4.98 Å². The van der Waals surface area contributed by atoms with Crippen LogP contribution in [0.3, 0.4) is 0 Å². The van der Waals surface area contributed by atoms with Crippen molar-refractivity contribution in [3.8, 4) is 0 Å². The predicted molar refractivity (Wildman–Crippen MR) is 118 cm³/mol. The molecule has 0 amide bonds. The Kier molecular flexibility index (Phi) is 6.17. The highest BCUT2D eigenvalue weighted by Gasteiger charge is 2.32. The Morgan fingerprint density at radius 3 is 2.53 bits per heavy atom. The van der Waals surface area contributed by atoms with Crippen LogP contribution in [0, 0.1) is 6.92 Å². The van der Waals surface area contributed by atoms with Gasteiger partial charge in [0.2, 0.25) is 10.0 Å². The number of rotatable bonds is 5. The molecule has 1 aliphatic heterocycles. The minimum absolute atomic E-state index is 0.101. The van der Waals surface area contributed by atoms with Crippen LogP contribution in [0.4, 0.5) is 0 Å². The normalized spacial score (nSPS) is 19.8. The van der Waals surface area contributed by atoms with Crippen LogP contribution in [0.2, 0.25) is 0 Å². The van der Waals surface area contributed by atoms with Crippen LogP contribution in [0.25, 0.3) is 4.96 Å². The lowest BCUT2D eigenvalue weighted by Gasteiger charge is -2.34. The molecule has 0 radical (unpaired) electrons. The summed E-state index contributed by atoms with van der Waals surface area (Å²) in [4.78, 5) is 29.6. The first-order chi connectivity index (χ1) is 15.1. The summed E-state index contributed by atoms with van der Waals surface area (Å²) in [6.45, 7) is 5.87. The monoisotopic (exact) mass is 477 g/mol. The maximum atomic E-state index is 12.9. The largest absolute Gasteiger partial charge is 0.456 e. The summed E-state index contributed by atoms with van der Waals surface area (Å²) in [7, 11) is -3.69. The quantitative estimate of drug-likeness (QED) is 0.519. The fraction of sp³-hybridized carbons (Fsp3) is 0.381. The summed E-state index contributed by atoms with van der Waals surface area (Å²) >= 11 is 1.33. The van der Waals surface area contributed by atoms with Crippen molar-refractivity contribution in [3.63, 3.8) is 0 Å². The van der Waals surface area contributed by atoms with Crippen molar-refractivity contribution in [1.82, 2.24) is 13.7 Å². The van der Waals surface area contributed by atoms with E-state index >= 15 is 0 Å². The van der Waals surface area contributed by atoms with E-state index < -0.39 is 16.0 Å². The van der Waals surface area contributed by atoms with E-state index in [1.165, 1.54) is 50.4 Å². The molecule has 0 saturated carbocycles. The summed E-state index contributed by atoms with van der Waals surface area (Å²) in [5, 5.41) is 1.83. The lowest BCUT2D eigenvalue weighted by Crippen LogP contribution is -2.48. The van der Waals surface area contributed by atoms with Crippen molar-refractivity contribution >= 4 is 32.3 Å². The number of esters is 1. The van der Waals surface area contributed by atoms with Crippen LogP contribution in [-0.4, -0.2) is 53.4 Å². The molecule has 0 spiro atoms. The van der Waals surface area contributed by atoms with E-state index in [0.29, 0.717) is 10.7 Å². The molecule has 2 aromatic heterocycles. The molecule has 1 fully saturated rings. The second kappa shape index (κ2) is 8.74. The summed E-state index contributed by atoms with van der Waals surface area (Å²) in [6.07, 6.45) is -0.386. The van der Waals surface area contributed by atoms with E-state index in [0.717, 1.165) is 5.69 Å². The molecule has 1 saturated heterocycles. The molecule has 0 aliphatic carbocycles. The standard InChI is InChI=1S/C21H23N3O6S2/c1-13-12-31-21-22-17(8-19(25)24(13)21)11-29-20(26)16-4-6-18(7-5-16)32(27,28)23-9-14(2)30-15(3)10-23/h4-8,12,14-15H,9-11H2,1-3H3. The maximum Gasteiger partial charge on any atom is 0.338 e. The lowest BCUT2D eigenvalue weighted by atomic mass is 10.2. The third kappa shape index (κ3) is 4.46. The Morgan fingerprint density at radius 2 is 1.88 bits per heavy atom. The molecule has 3 aromatic rings. The number of benzene rings is 1. The first-order valence-electron chi connectivity index (χ1n) is 10.0. The number of carbonyl (C=O) groups is 1. The Balaban J connectivity index is 1.45. The number of nitrogens with zero attached hydrogens (tertiary/aromatic N) is 3. The molecule has 2 unspecified atom stereocenters. The zero-order chi connectivity index (χ0) is 23.0. The third-order valence-electron chi connectivity index (χ3n) is 5.09. The van der Waals surface area contributed by atoms with Gasteiger partial charge in [-0.15, -0.1) is 11.3 Å². The van der Waals surface area contributed by atoms with Crippen LogP contribution in [0.5, 0.6) is 0 Å². The van der Waals surface area contributed by atoms with Gasteiger partial charge in [0.1, 0.15) is 6.61 Å². The highest BCUT2D eigenvalue weighted by molar-refractivity contribution is 7.89. The molecule has 1 aliphatic rings. The fourth-order valence-electron chi connectivity index (χ4n) is 3.64. The summed E-state index contributed by atoms with van der Waals surface area (Å²) < 4.78 is 39.6. The molecule has 0 N–H and O–H groups in total. The Morgan fingerprint density at radius 1 is 1.22 bits per heavy atom. The number of sulfonamides is 1. The predicted octanol–water partition coefficient (Wildman–Crippen LogP) is 2.22. The van der Waals surface area contributed by atoms with E-state index in [1.807, 2.05) is 26.2 Å². The van der Waals surface area contributed by atoms with Gasteiger partial charge in [-0.3, -0.25) is 9.20 Å². The van der Waals surface area contributed by atoms with Crippen LogP contribution >= 0.6 is 11.3 Å². The minimum atomic E-state index is -3.69. The first-order valence-corrected chi connectivity index (χ1v) is 12.4. The van der Waals surface area contributed by atoms with Crippen molar-refractivity contribution in [1.29, 1.82) is 0 Å². The fourth-order valence-corrected chi connectivity index (χ4v) is 6.12. The van der Waals surface area contributed by atoms with Crippen LogP contribution < -0.4 is 5.56 Å². The van der Waals surface area contributed by atoms with Gasteiger partial charge in [0.05, 0.1) is 28.4 Å². The summed E-state index contributed by atoms with van der Waals surface area (Å²) in [5.41, 5.74) is 1.11. The molecular formula is C21H23N3O6S2. The van der Waals surface area contributed by atoms with Crippen molar-refractivity contribution in [3.05, 3.63) is 63.0 Å². The van der Waals surface area contributed by atoms with E-state index in [-0.39, 0.29) is 47.9 Å². The third-order valence-corrected chi connectivity index (χ3v) is 7.88. The SMILES string of the molecule is Cc1csc2nc(COC(=O)c3ccc(S(=O)(=O)N4CC(C)OC(C)C4)cc3)cc(=O)n12. The van der Waals surface area contributed by atoms with Gasteiger partial charge in [0.25, 0.3) is 5.56 Å². The first kappa shape index (κ1) is 22.6. The maximum absolute atomic E-state index is 12.9. The summed E-state index contributed by atoms with van der Waals surface area (Å²) in [6, 6.07) is 6.94. The molecule has 170 valence electrons. The molecule has 9 nitrogen and oxygen atoms in total. The van der Waals surface area contributed by atoms with Crippen LogP contribution in [-0.2, 0) is 26.1 Å². The van der Waals surface area contributed by atoms with Crippen LogP contribution in [0.1, 0.15) is 35.6 Å². The van der Waals surface area contributed by atoms with Crippen molar-refractivity contribution in [2.24, 2.45) is 0 Å². The minimum Gasteiger partial charge on any atom is -0.456 e. The number of fused-ring (bicyclic) bond motifs is 1. The lowest BCUT2D eigenvalue weighted by molar-refractivity contribution is -0.0440. The van der Waals surface area contributed by atoms with Gasteiger partial charge in [-0.2, -0.15) is 4.31 Å². The smallest absolute Gasteiger partial charge is 0.338 e. The zero-order valence-electron chi connectivity index (χ0n) is 17.8. The molecule has 0 bridgehead atoms. The molecule has 32 heavy (non-hydrogen) atoms. The van der Waals surface area contributed by atoms with Crippen molar-refractivity contribution < 1.29 is 22.7 Å². The van der Waals surface area contributed by atoms with Gasteiger partial charge in [0.15, 0.2) is 4.96 Å². The Labute approximate surface area is 189 Å². The average Bonchev–Trinajstić information content (AvgIpc) is 3.12. The summed E-state index contributed by atoms with van der Waals surface area (Å²) in [5.74, 6) is -0.632. The van der Waals surface area contributed by atoms with Gasteiger partial charge >= 0.3 is 5.97 Å². The van der Waals surface area contributed by atoms with Crippen molar-refractivity contribution in [2.75, 3.05) is 13.1 Å². The number of aryl methyl sites for hydroxylation is 1. The highest BCUT2D eigenvalue weighted by Crippen LogP contribution is 2.22. The van der Waals surface area contributed by atoms with Crippen molar-refractivity contribution in [2.45, 2.75) is 44.5 Å². The van der Waals surface area contributed by atoms with Gasteiger partial charge in [-0.05, 0) is 45.0 Å². The number of aromatic nitrogens is 2. The zero-order valence-corrected chi connectivity index (χ0v) is 19.5. The number of ether oxygens (including phenoxy) is 2. The van der Waals surface area contributed by atoms with E-state index in [4.69, 9.17) is 9.47 Å². The Hall–Kier alpha value is -2.60. The van der Waals surface area contributed by atoms with Gasteiger partial charge < -0.3 is 9.47 Å². The molecule has 2 atom stereocenters. The van der Waals surface area contributed by atoms with Gasteiger partial charge in [0, 0.05) is 30.2 Å². The molecule has 11 heteroatoms. The number of hydrogen-bond acceptors (Lipinski definition) is 8.